The van der Waals surface area contributed by atoms with Crippen molar-refractivity contribution in [2.45, 2.75) is 13.0 Å². The molecule has 0 unspecified atom stereocenters. The number of furan rings is 1. The number of hydrogen-bond acceptors (Lipinski definition) is 7. The van der Waals surface area contributed by atoms with Crippen LogP contribution in [0.15, 0.2) is 52.7 Å². The number of likely N-dealkylation sites (tertiary alicyclic amines) is 1. The number of nitrogens with zero attached hydrogens (tertiary/aromatic N) is 2. The molecule has 3 heterocycles. The Bertz CT molecular complexity index is 962. The molecule has 1 N–H and O–H groups in total. The number of hydrogen-bond donors (Lipinski definition) is 1. The summed E-state index contributed by atoms with van der Waals surface area (Å²) < 4.78 is 16.4. The third-order valence-electron chi connectivity index (χ3n) is 5.53. The summed E-state index contributed by atoms with van der Waals surface area (Å²) in [6.45, 7) is 6.14. The van der Waals surface area contributed by atoms with Crippen molar-refractivity contribution >= 4 is 17.4 Å². The van der Waals surface area contributed by atoms with Crippen molar-refractivity contribution in [1.29, 1.82) is 0 Å². The summed E-state index contributed by atoms with van der Waals surface area (Å²) in [6, 6.07) is 9.46. The van der Waals surface area contributed by atoms with Crippen molar-refractivity contribution in [3.8, 4) is 5.75 Å². The van der Waals surface area contributed by atoms with Crippen LogP contribution in [0.1, 0.15) is 24.3 Å². The second kappa shape index (κ2) is 9.36. The van der Waals surface area contributed by atoms with E-state index in [9.17, 15) is 14.7 Å². The summed E-state index contributed by atoms with van der Waals surface area (Å²) in [5.74, 6) is -0.596. The molecular weight excluding hydrogens is 400 g/mol. The van der Waals surface area contributed by atoms with Crippen LogP contribution in [0.25, 0.3) is 5.76 Å². The zero-order chi connectivity index (χ0) is 21.8. The highest BCUT2D eigenvalue weighted by molar-refractivity contribution is 6.46. The van der Waals surface area contributed by atoms with E-state index in [1.807, 2.05) is 6.92 Å². The average Bonchev–Trinajstić information content (AvgIpc) is 3.40. The van der Waals surface area contributed by atoms with Gasteiger partial charge in [0.2, 0.25) is 0 Å². The van der Waals surface area contributed by atoms with Gasteiger partial charge in [-0.1, -0.05) is 12.1 Å². The number of morpholine rings is 1. The molecular formula is C23H26N2O6. The number of rotatable bonds is 7. The van der Waals surface area contributed by atoms with E-state index in [-0.39, 0.29) is 11.3 Å². The van der Waals surface area contributed by atoms with E-state index in [4.69, 9.17) is 13.9 Å². The lowest BCUT2D eigenvalue weighted by Gasteiger charge is -2.30. The number of Topliss-reactive ketones (excluding diaryl/α,β-unsaturated/α-hetero) is 1. The van der Waals surface area contributed by atoms with Gasteiger partial charge in [0.25, 0.3) is 11.7 Å². The van der Waals surface area contributed by atoms with Gasteiger partial charge in [0, 0.05) is 31.7 Å². The van der Waals surface area contributed by atoms with Crippen LogP contribution in [-0.2, 0) is 14.3 Å². The predicted molar refractivity (Wildman–Crippen MR) is 113 cm³/mol. The Morgan fingerprint density at radius 1 is 1.16 bits per heavy atom. The van der Waals surface area contributed by atoms with Gasteiger partial charge in [-0.25, -0.2) is 0 Å². The van der Waals surface area contributed by atoms with Crippen LogP contribution in [0.2, 0.25) is 0 Å². The summed E-state index contributed by atoms with van der Waals surface area (Å²) in [5.41, 5.74) is 0.435. The standard InChI is InChI=1S/C23H26N2O6/c1-2-30-17-6-3-5-16(15-17)21(26)19-20(18-7-4-12-31-18)25(23(28)22(19)27)9-8-24-10-13-29-14-11-24/h3-7,12,15,20,26H,2,8-11,13-14H2,1H3/t20-/m1/s1. The summed E-state index contributed by atoms with van der Waals surface area (Å²) >= 11 is 0. The van der Waals surface area contributed by atoms with Gasteiger partial charge in [0.05, 0.1) is 31.7 Å². The van der Waals surface area contributed by atoms with E-state index in [0.717, 1.165) is 13.1 Å². The van der Waals surface area contributed by atoms with Crippen LogP contribution in [0.3, 0.4) is 0 Å². The van der Waals surface area contributed by atoms with E-state index in [1.165, 1.54) is 11.2 Å². The monoisotopic (exact) mass is 426 g/mol. The van der Waals surface area contributed by atoms with Crippen LogP contribution in [0.4, 0.5) is 0 Å². The maximum Gasteiger partial charge on any atom is 0.295 e. The van der Waals surface area contributed by atoms with E-state index >= 15 is 0 Å². The lowest BCUT2D eigenvalue weighted by Crippen LogP contribution is -2.42. The summed E-state index contributed by atoms with van der Waals surface area (Å²) in [5, 5.41) is 11.1. The van der Waals surface area contributed by atoms with E-state index < -0.39 is 17.7 Å². The van der Waals surface area contributed by atoms with Crippen molar-refractivity contribution in [1.82, 2.24) is 9.80 Å². The Balaban J connectivity index is 1.68. The second-order valence-corrected chi connectivity index (χ2v) is 7.42. The molecule has 31 heavy (non-hydrogen) atoms. The molecule has 0 spiro atoms. The third-order valence-corrected chi connectivity index (χ3v) is 5.53. The van der Waals surface area contributed by atoms with Gasteiger partial charge in [-0.2, -0.15) is 0 Å². The first kappa shape index (κ1) is 21.1. The number of aliphatic hydroxyl groups is 1. The topological polar surface area (TPSA) is 92.5 Å². The van der Waals surface area contributed by atoms with Crippen molar-refractivity contribution < 1.29 is 28.6 Å². The third kappa shape index (κ3) is 4.35. The molecule has 1 aromatic heterocycles. The molecule has 1 atom stereocenters. The molecule has 1 aromatic carbocycles. The van der Waals surface area contributed by atoms with E-state index in [0.29, 0.717) is 50.0 Å². The first-order valence-corrected chi connectivity index (χ1v) is 10.4. The van der Waals surface area contributed by atoms with Crippen molar-refractivity contribution in [2.75, 3.05) is 46.0 Å². The normalized spacial score (nSPS) is 21.6. The zero-order valence-corrected chi connectivity index (χ0v) is 17.5. The Hall–Kier alpha value is -3.10. The van der Waals surface area contributed by atoms with E-state index in [1.54, 1.807) is 36.4 Å². The lowest BCUT2D eigenvalue weighted by molar-refractivity contribution is -0.140. The number of benzene rings is 1. The van der Waals surface area contributed by atoms with Crippen LogP contribution < -0.4 is 4.74 Å². The Labute approximate surface area is 180 Å². The molecule has 0 bridgehead atoms. The SMILES string of the molecule is CCOc1cccc(C(O)=C2C(=O)C(=O)N(CCN3CCOCC3)[C@@H]2c2ccco2)c1. The molecule has 2 fully saturated rings. The summed E-state index contributed by atoms with van der Waals surface area (Å²) in [6.07, 6.45) is 1.49. The average molecular weight is 426 g/mol. The van der Waals surface area contributed by atoms with Crippen LogP contribution in [0.5, 0.6) is 5.75 Å². The number of carbonyl (C=O) groups is 2. The lowest BCUT2D eigenvalue weighted by atomic mass is 9.99. The molecule has 2 aromatic rings. The highest BCUT2D eigenvalue weighted by Gasteiger charge is 2.47. The fourth-order valence-corrected chi connectivity index (χ4v) is 3.98. The molecule has 8 nitrogen and oxygen atoms in total. The van der Waals surface area contributed by atoms with Crippen LogP contribution in [-0.4, -0.2) is 72.6 Å². The first-order valence-electron chi connectivity index (χ1n) is 10.4. The molecule has 2 aliphatic heterocycles. The van der Waals surface area contributed by atoms with Gasteiger partial charge < -0.3 is 23.9 Å². The minimum atomic E-state index is -0.785. The van der Waals surface area contributed by atoms with Crippen molar-refractivity contribution in [2.24, 2.45) is 0 Å². The van der Waals surface area contributed by atoms with Crippen LogP contribution >= 0.6 is 0 Å². The largest absolute Gasteiger partial charge is 0.507 e. The molecule has 0 radical (unpaired) electrons. The van der Waals surface area contributed by atoms with Gasteiger partial charge in [-0.3, -0.25) is 14.5 Å². The highest BCUT2D eigenvalue weighted by atomic mass is 16.5. The van der Waals surface area contributed by atoms with Gasteiger partial charge in [0.15, 0.2) is 0 Å². The highest BCUT2D eigenvalue weighted by Crippen LogP contribution is 2.39. The minimum absolute atomic E-state index is 0.0237. The fourth-order valence-electron chi connectivity index (χ4n) is 3.98. The molecule has 0 aliphatic carbocycles. The first-order chi connectivity index (χ1) is 15.1. The maximum atomic E-state index is 13.0. The number of ether oxygens (including phenoxy) is 2. The van der Waals surface area contributed by atoms with Crippen LogP contribution in [0, 0.1) is 0 Å². The zero-order valence-electron chi connectivity index (χ0n) is 17.5. The Morgan fingerprint density at radius 3 is 2.68 bits per heavy atom. The summed E-state index contributed by atoms with van der Waals surface area (Å²) in [7, 11) is 0. The van der Waals surface area contributed by atoms with Gasteiger partial charge in [-0.05, 0) is 31.2 Å². The number of amides is 1. The quantitative estimate of drug-likeness (QED) is 0.413. The molecule has 0 saturated carbocycles. The molecule has 8 heteroatoms. The van der Waals surface area contributed by atoms with Crippen molar-refractivity contribution in [3.05, 3.63) is 59.6 Å². The second-order valence-electron chi connectivity index (χ2n) is 7.42. The van der Waals surface area contributed by atoms with E-state index in [2.05, 4.69) is 4.90 Å². The molecule has 2 saturated heterocycles. The predicted octanol–water partition coefficient (Wildman–Crippen LogP) is 2.43. The Kier molecular flexibility index (Phi) is 6.39. The van der Waals surface area contributed by atoms with Crippen molar-refractivity contribution in [3.63, 3.8) is 0 Å². The minimum Gasteiger partial charge on any atom is -0.507 e. The molecule has 164 valence electrons. The molecule has 2 aliphatic rings. The van der Waals surface area contributed by atoms with Gasteiger partial charge >= 0.3 is 0 Å². The number of aliphatic hydroxyl groups excluding tert-OH is 1. The molecule has 4 rings (SSSR count). The smallest absolute Gasteiger partial charge is 0.295 e. The molecule has 1 amide bonds. The van der Waals surface area contributed by atoms with Gasteiger partial charge in [0.1, 0.15) is 23.3 Å². The number of ketones is 1. The summed E-state index contributed by atoms with van der Waals surface area (Å²) in [4.78, 5) is 29.6. The Morgan fingerprint density at radius 2 is 1.97 bits per heavy atom. The number of carbonyl (C=O) groups excluding carboxylic acids is 2. The maximum absolute atomic E-state index is 13.0. The van der Waals surface area contributed by atoms with Gasteiger partial charge in [-0.15, -0.1) is 0 Å². The fraction of sp³-hybridized carbons (Fsp3) is 0.391.